The molecule has 2 fully saturated rings. The van der Waals surface area contributed by atoms with Gasteiger partial charge in [0, 0.05) is 51.2 Å². The smallest absolute Gasteiger partial charge is 0.319 e. The number of amides is 2. The fraction of sp³-hybridized carbons (Fsp3) is 0.917. The Kier molecular flexibility index (Phi) is 2.46. The average Bonchev–Trinajstić information content (AvgIpc) is 1.95. The van der Waals surface area contributed by atoms with Crippen LogP contribution in [0.25, 0.3) is 0 Å². The van der Waals surface area contributed by atoms with Crippen LogP contribution in [0.5, 0.6) is 0 Å². The van der Waals surface area contributed by atoms with Gasteiger partial charge in [0.25, 0.3) is 0 Å². The summed E-state index contributed by atoms with van der Waals surface area (Å²) in [5.74, 6) is 0. The highest BCUT2D eigenvalue weighted by Gasteiger charge is 2.55. The van der Waals surface area contributed by atoms with E-state index in [1.807, 2.05) is 19.0 Å². The van der Waals surface area contributed by atoms with Gasteiger partial charge in [-0.25, -0.2) is 4.79 Å². The standard InChI is InChI=1S/C12H23N3O/c1-11(2,3)15-8-12(9-15)6-14(7-12)10(16)13(4)5/h6-9H2,1-5H3. The molecule has 2 heterocycles. The molecule has 4 heteroatoms. The van der Waals surface area contributed by atoms with Crippen molar-refractivity contribution in [2.75, 3.05) is 40.3 Å². The Morgan fingerprint density at radius 2 is 1.62 bits per heavy atom. The van der Waals surface area contributed by atoms with Gasteiger partial charge in [-0.2, -0.15) is 0 Å². The Balaban J connectivity index is 1.81. The Bertz CT molecular complexity index is 292. The third kappa shape index (κ3) is 1.79. The maximum absolute atomic E-state index is 11.7. The molecule has 4 nitrogen and oxygen atoms in total. The molecule has 0 aliphatic carbocycles. The highest BCUT2D eigenvalue weighted by atomic mass is 16.2. The quantitative estimate of drug-likeness (QED) is 0.617. The van der Waals surface area contributed by atoms with Crippen molar-refractivity contribution in [2.45, 2.75) is 26.3 Å². The average molecular weight is 225 g/mol. The SMILES string of the molecule is CN(C)C(=O)N1CC2(C1)CN(C(C)(C)C)C2. The predicted molar refractivity (Wildman–Crippen MR) is 64.4 cm³/mol. The fourth-order valence-corrected chi connectivity index (χ4v) is 2.62. The maximum atomic E-state index is 11.7. The predicted octanol–water partition coefficient (Wildman–Crippen LogP) is 1.08. The molecule has 0 bridgehead atoms. The summed E-state index contributed by atoms with van der Waals surface area (Å²) in [5.41, 5.74) is 0.691. The van der Waals surface area contributed by atoms with E-state index in [9.17, 15) is 4.79 Å². The van der Waals surface area contributed by atoms with Crippen molar-refractivity contribution in [3.8, 4) is 0 Å². The minimum Gasteiger partial charge on any atom is -0.331 e. The van der Waals surface area contributed by atoms with E-state index in [0.29, 0.717) is 5.41 Å². The zero-order valence-electron chi connectivity index (χ0n) is 11.1. The lowest BCUT2D eigenvalue weighted by Crippen LogP contribution is -2.75. The van der Waals surface area contributed by atoms with E-state index in [1.165, 1.54) is 0 Å². The molecule has 2 amide bonds. The number of carbonyl (C=O) groups excluding carboxylic acids is 1. The molecule has 0 atom stereocenters. The first-order valence-electron chi connectivity index (χ1n) is 5.95. The maximum Gasteiger partial charge on any atom is 0.319 e. The topological polar surface area (TPSA) is 26.8 Å². The highest BCUT2D eigenvalue weighted by molar-refractivity contribution is 5.75. The molecule has 16 heavy (non-hydrogen) atoms. The summed E-state index contributed by atoms with van der Waals surface area (Å²) in [6.45, 7) is 10.9. The molecule has 0 aromatic carbocycles. The molecule has 92 valence electrons. The number of rotatable bonds is 0. The number of urea groups is 1. The van der Waals surface area contributed by atoms with E-state index < -0.39 is 0 Å². The van der Waals surface area contributed by atoms with Crippen LogP contribution < -0.4 is 0 Å². The summed E-state index contributed by atoms with van der Waals surface area (Å²) in [6.07, 6.45) is 0. The summed E-state index contributed by atoms with van der Waals surface area (Å²) in [4.78, 5) is 17.8. The first-order valence-corrected chi connectivity index (χ1v) is 5.95. The van der Waals surface area contributed by atoms with Gasteiger partial charge in [0.2, 0.25) is 0 Å². The molecule has 2 saturated heterocycles. The number of carbonyl (C=O) groups is 1. The summed E-state index contributed by atoms with van der Waals surface area (Å²) < 4.78 is 0. The molecule has 0 aromatic heterocycles. The second-order valence-corrected chi connectivity index (χ2v) is 6.56. The summed E-state index contributed by atoms with van der Waals surface area (Å²) in [7, 11) is 3.63. The van der Waals surface area contributed by atoms with Gasteiger partial charge in [-0.3, -0.25) is 4.90 Å². The van der Waals surface area contributed by atoms with Crippen LogP contribution in [0.4, 0.5) is 4.79 Å². The molecule has 0 aromatic rings. The van der Waals surface area contributed by atoms with Gasteiger partial charge >= 0.3 is 6.03 Å². The summed E-state index contributed by atoms with van der Waals surface area (Å²) in [5, 5.41) is 0. The van der Waals surface area contributed by atoms with Crippen molar-refractivity contribution in [3.05, 3.63) is 0 Å². The van der Waals surface area contributed by atoms with Crippen molar-refractivity contribution < 1.29 is 4.79 Å². The van der Waals surface area contributed by atoms with Crippen LogP contribution in [0.3, 0.4) is 0 Å². The molecule has 0 radical (unpaired) electrons. The molecule has 0 saturated carbocycles. The molecule has 0 N–H and O–H groups in total. The molecular weight excluding hydrogens is 202 g/mol. The molecular formula is C12H23N3O. The van der Waals surface area contributed by atoms with E-state index >= 15 is 0 Å². The van der Waals surface area contributed by atoms with Gasteiger partial charge < -0.3 is 9.80 Å². The van der Waals surface area contributed by atoms with Gasteiger partial charge in [0.05, 0.1) is 0 Å². The lowest BCUT2D eigenvalue weighted by molar-refractivity contribution is -0.130. The second-order valence-electron chi connectivity index (χ2n) is 6.56. The van der Waals surface area contributed by atoms with Crippen LogP contribution in [-0.4, -0.2) is 66.5 Å². The molecule has 1 spiro atoms. The number of hydrogen-bond acceptors (Lipinski definition) is 2. The van der Waals surface area contributed by atoms with Gasteiger partial charge in [-0.15, -0.1) is 0 Å². The minimum absolute atomic E-state index is 0.153. The summed E-state index contributed by atoms with van der Waals surface area (Å²) >= 11 is 0. The van der Waals surface area contributed by atoms with E-state index in [0.717, 1.165) is 26.2 Å². The first-order chi connectivity index (χ1) is 7.23. The Hall–Kier alpha value is -0.770. The second kappa shape index (κ2) is 3.36. The minimum atomic E-state index is 0.153. The van der Waals surface area contributed by atoms with Crippen LogP contribution in [-0.2, 0) is 0 Å². The van der Waals surface area contributed by atoms with Gasteiger partial charge in [-0.05, 0) is 20.8 Å². The number of nitrogens with zero attached hydrogens (tertiary/aromatic N) is 3. The molecule has 2 rings (SSSR count). The van der Waals surface area contributed by atoms with Crippen LogP contribution in [0.15, 0.2) is 0 Å². The fourth-order valence-electron chi connectivity index (χ4n) is 2.62. The van der Waals surface area contributed by atoms with Crippen LogP contribution in [0, 0.1) is 5.41 Å². The zero-order valence-corrected chi connectivity index (χ0v) is 11.1. The van der Waals surface area contributed by atoms with Crippen molar-refractivity contribution in [1.29, 1.82) is 0 Å². The Morgan fingerprint density at radius 3 is 2.00 bits per heavy atom. The Labute approximate surface area is 98.2 Å². The van der Waals surface area contributed by atoms with Crippen molar-refractivity contribution in [2.24, 2.45) is 5.41 Å². The van der Waals surface area contributed by atoms with Crippen molar-refractivity contribution in [1.82, 2.24) is 14.7 Å². The third-order valence-corrected chi connectivity index (χ3v) is 3.71. The van der Waals surface area contributed by atoms with Crippen LogP contribution in [0.1, 0.15) is 20.8 Å². The lowest BCUT2D eigenvalue weighted by Gasteiger charge is -2.63. The molecule has 2 aliphatic rings. The van der Waals surface area contributed by atoms with Gasteiger partial charge in [0.15, 0.2) is 0 Å². The zero-order chi connectivity index (χ0) is 12.1. The summed E-state index contributed by atoms with van der Waals surface area (Å²) in [6, 6.07) is 0.153. The van der Waals surface area contributed by atoms with Crippen molar-refractivity contribution >= 4 is 6.03 Å². The van der Waals surface area contributed by atoms with E-state index in [2.05, 4.69) is 25.7 Å². The largest absolute Gasteiger partial charge is 0.331 e. The highest BCUT2D eigenvalue weighted by Crippen LogP contribution is 2.42. The van der Waals surface area contributed by atoms with Crippen molar-refractivity contribution in [3.63, 3.8) is 0 Å². The van der Waals surface area contributed by atoms with E-state index in [4.69, 9.17) is 0 Å². The first kappa shape index (κ1) is 11.7. The van der Waals surface area contributed by atoms with E-state index in [-0.39, 0.29) is 11.6 Å². The molecule has 2 aliphatic heterocycles. The normalized spacial score (nSPS) is 23.9. The van der Waals surface area contributed by atoms with E-state index in [1.54, 1.807) is 4.90 Å². The monoisotopic (exact) mass is 225 g/mol. The Morgan fingerprint density at radius 1 is 1.12 bits per heavy atom. The van der Waals surface area contributed by atoms with Crippen LogP contribution in [0.2, 0.25) is 0 Å². The lowest BCUT2D eigenvalue weighted by atomic mass is 9.71. The van der Waals surface area contributed by atoms with Crippen LogP contribution >= 0.6 is 0 Å². The third-order valence-electron chi connectivity index (χ3n) is 3.71. The van der Waals surface area contributed by atoms with Gasteiger partial charge in [-0.1, -0.05) is 0 Å². The number of likely N-dealkylation sites (tertiary alicyclic amines) is 2. The van der Waals surface area contributed by atoms with Gasteiger partial charge in [0.1, 0.15) is 0 Å². The number of hydrogen-bond donors (Lipinski definition) is 0. The molecule has 0 unspecified atom stereocenters.